The van der Waals surface area contributed by atoms with E-state index >= 15 is 0 Å². The molecule has 1 heterocycles. The Morgan fingerprint density at radius 1 is 1.15 bits per heavy atom. The molecular weight excluding hydrogens is 280 g/mol. The molecule has 0 unspecified atom stereocenters. The second-order valence-electron chi connectivity index (χ2n) is 3.81. The highest BCUT2D eigenvalue weighted by atomic mass is 35.5. The first-order chi connectivity index (χ1) is 9.65. The van der Waals surface area contributed by atoms with E-state index in [4.69, 9.17) is 11.6 Å². The molecule has 2 rings (SSSR count). The van der Waals surface area contributed by atoms with Crippen LogP contribution in [0, 0.1) is 0 Å². The van der Waals surface area contributed by atoms with Crippen LogP contribution in [0.3, 0.4) is 0 Å². The smallest absolute Gasteiger partial charge is 0.251 e. The molecule has 0 bridgehead atoms. The van der Waals surface area contributed by atoms with Crippen molar-refractivity contribution in [3.05, 3.63) is 53.4 Å². The van der Waals surface area contributed by atoms with Crippen LogP contribution in [0.4, 0.5) is 5.82 Å². The number of amides is 2. The van der Waals surface area contributed by atoms with Crippen LogP contribution in [-0.2, 0) is 4.79 Å². The first kappa shape index (κ1) is 14.0. The largest absolute Gasteiger partial charge is 0.343 e. The van der Waals surface area contributed by atoms with E-state index in [9.17, 15) is 9.59 Å². The van der Waals surface area contributed by atoms with Crippen molar-refractivity contribution in [3.8, 4) is 0 Å². The zero-order valence-corrected chi connectivity index (χ0v) is 11.1. The zero-order valence-electron chi connectivity index (χ0n) is 10.3. The van der Waals surface area contributed by atoms with Gasteiger partial charge in [0.25, 0.3) is 5.91 Å². The lowest BCUT2D eigenvalue weighted by Crippen LogP contribution is -2.33. The van der Waals surface area contributed by atoms with Gasteiger partial charge in [-0.15, -0.1) is 0 Å². The molecule has 2 aromatic rings. The zero-order chi connectivity index (χ0) is 14.4. The van der Waals surface area contributed by atoms with Crippen LogP contribution in [0.1, 0.15) is 10.4 Å². The van der Waals surface area contributed by atoms with Crippen LogP contribution < -0.4 is 10.6 Å². The number of rotatable bonds is 4. The molecule has 2 amide bonds. The number of carbonyl (C=O) groups is 2. The van der Waals surface area contributed by atoms with Gasteiger partial charge in [0.1, 0.15) is 5.82 Å². The highest BCUT2D eigenvalue weighted by molar-refractivity contribution is 6.28. The average molecular weight is 291 g/mol. The number of benzene rings is 1. The van der Waals surface area contributed by atoms with Crippen molar-refractivity contribution < 1.29 is 9.59 Å². The standard InChI is InChI=1S/C13H11ClN4O2/c14-13-15-7-6-10(18-13)17-11(19)8-16-12(20)9-4-2-1-3-5-9/h1-7H,8H2,(H,16,20)(H,15,17,18,19). The van der Waals surface area contributed by atoms with Gasteiger partial charge in [0.2, 0.25) is 11.2 Å². The summed E-state index contributed by atoms with van der Waals surface area (Å²) in [7, 11) is 0. The second kappa shape index (κ2) is 6.63. The fourth-order valence-electron chi connectivity index (χ4n) is 1.44. The van der Waals surface area contributed by atoms with Crippen LogP contribution in [0.2, 0.25) is 5.28 Å². The molecule has 0 radical (unpaired) electrons. The van der Waals surface area contributed by atoms with E-state index in [2.05, 4.69) is 20.6 Å². The number of aromatic nitrogens is 2. The van der Waals surface area contributed by atoms with Crippen LogP contribution in [0.15, 0.2) is 42.6 Å². The maximum absolute atomic E-state index is 11.7. The molecule has 1 aromatic heterocycles. The number of nitrogens with zero attached hydrogens (tertiary/aromatic N) is 2. The lowest BCUT2D eigenvalue weighted by atomic mass is 10.2. The summed E-state index contributed by atoms with van der Waals surface area (Å²) in [5.74, 6) is -0.436. The maximum atomic E-state index is 11.7. The summed E-state index contributed by atoms with van der Waals surface area (Å²) in [6.07, 6.45) is 1.42. The summed E-state index contributed by atoms with van der Waals surface area (Å²) in [4.78, 5) is 30.9. The normalized spacial score (nSPS) is 9.85. The van der Waals surface area contributed by atoms with Crippen molar-refractivity contribution in [2.24, 2.45) is 0 Å². The lowest BCUT2D eigenvalue weighted by Gasteiger charge is -2.06. The number of carbonyl (C=O) groups excluding carboxylic acids is 2. The van der Waals surface area contributed by atoms with Gasteiger partial charge >= 0.3 is 0 Å². The maximum Gasteiger partial charge on any atom is 0.251 e. The molecule has 0 aliphatic rings. The number of nitrogens with one attached hydrogen (secondary N) is 2. The van der Waals surface area contributed by atoms with E-state index < -0.39 is 5.91 Å². The van der Waals surface area contributed by atoms with Crippen LogP contribution in [-0.4, -0.2) is 28.3 Å². The van der Waals surface area contributed by atoms with Crippen LogP contribution >= 0.6 is 11.6 Å². The molecule has 2 N–H and O–H groups in total. The van der Waals surface area contributed by atoms with Gasteiger partial charge in [-0.3, -0.25) is 9.59 Å². The molecule has 7 heteroatoms. The quantitative estimate of drug-likeness (QED) is 0.836. The van der Waals surface area contributed by atoms with E-state index in [1.807, 2.05) is 6.07 Å². The Morgan fingerprint density at radius 2 is 1.90 bits per heavy atom. The monoisotopic (exact) mass is 290 g/mol. The first-order valence-electron chi connectivity index (χ1n) is 5.77. The van der Waals surface area contributed by atoms with Crippen LogP contribution in [0.5, 0.6) is 0 Å². The minimum absolute atomic E-state index is 0.0381. The molecule has 0 aliphatic carbocycles. The van der Waals surface area contributed by atoms with Gasteiger partial charge < -0.3 is 10.6 Å². The Labute approximate surface area is 120 Å². The number of hydrogen-bond acceptors (Lipinski definition) is 4. The third-order valence-corrected chi connectivity index (χ3v) is 2.52. The van der Waals surface area contributed by atoms with Gasteiger partial charge in [-0.05, 0) is 29.8 Å². The van der Waals surface area contributed by atoms with Gasteiger partial charge in [0.05, 0.1) is 6.54 Å². The lowest BCUT2D eigenvalue weighted by molar-refractivity contribution is -0.115. The molecule has 0 saturated heterocycles. The van der Waals surface area contributed by atoms with Crippen molar-refractivity contribution in [2.45, 2.75) is 0 Å². The number of halogens is 1. The van der Waals surface area contributed by atoms with Crippen molar-refractivity contribution in [3.63, 3.8) is 0 Å². The molecule has 0 fully saturated rings. The summed E-state index contributed by atoms with van der Waals surface area (Å²) in [6, 6.07) is 10.1. The second-order valence-corrected chi connectivity index (χ2v) is 4.15. The summed E-state index contributed by atoms with van der Waals surface area (Å²) >= 11 is 5.59. The van der Waals surface area contributed by atoms with Crippen molar-refractivity contribution in [1.82, 2.24) is 15.3 Å². The van der Waals surface area contributed by atoms with E-state index in [-0.39, 0.29) is 23.6 Å². The summed E-state index contributed by atoms with van der Waals surface area (Å²) < 4.78 is 0. The van der Waals surface area contributed by atoms with E-state index in [1.165, 1.54) is 12.3 Å². The molecule has 102 valence electrons. The minimum Gasteiger partial charge on any atom is -0.343 e. The SMILES string of the molecule is O=C(CNC(=O)c1ccccc1)Nc1ccnc(Cl)n1. The van der Waals surface area contributed by atoms with Crippen LogP contribution in [0.25, 0.3) is 0 Å². The fraction of sp³-hybridized carbons (Fsp3) is 0.0769. The first-order valence-corrected chi connectivity index (χ1v) is 6.14. The topological polar surface area (TPSA) is 84.0 Å². The summed E-state index contributed by atoms with van der Waals surface area (Å²) in [5, 5.41) is 5.04. The van der Waals surface area contributed by atoms with Crippen molar-refractivity contribution >= 4 is 29.2 Å². The molecule has 6 nitrogen and oxygen atoms in total. The number of anilines is 1. The fourth-order valence-corrected chi connectivity index (χ4v) is 1.59. The molecule has 0 saturated carbocycles. The van der Waals surface area contributed by atoms with Gasteiger partial charge in [-0.25, -0.2) is 9.97 Å². The molecular formula is C13H11ClN4O2. The van der Waals surface area contributed by atoms with Gasteiger partial charge in [-0.1, -0.05) is 18.2 Å². The van der Waals surface area contributed by atoms with E-state index in [0.717, 1.165) is 0 Å². The Bertz CT molecular complexity index is 619. The van der Waals surface area contributed by atoms with Crippen molar-refractivity contribution in [1.29, 1.82) is 0 Å². The highest BCUT2D eigenvalue weighted by Crippen LogP contribution is 2.05. The Kier molecular flexibility index (Phi) is 4.62. The van der Waals surface area contributed by atoms with Gasteiger partial charge in [-0.2, -0.15) is 0 Å². The Morgan fingerprint density at radius 3 is 2.60 bits per heavy atom. The Balaban J connectivity index is 1.85. The summed E-state index contributed by atoms with van der Waals surface area (Å²) in [5.41, 5.74) is 0.491. The van der Waals surface area contributed by atoms with Gasteiger partial charge in [0.15, 0.2) is 0 Å². The van der Waals surface area contributed by atoms with E-state index in [1.54, 1.807) is 24.3 Å². The molecule has 20 heavy (non-hydrogen) atoms. The van der Waals surface area contributed by atoms with Crippen molar-refractivity contribution in [2.75, 3.05) is 11.9 Å². The highest BCUT2D eigenvalue weighted by Gasteiger charge is 2.08. The van der Waals surface area contributed by atoms with Gasteiger partial charge in [0, 0.05) is 11.8 Å². The molecule has 0 aliphatic heterocycles. The average Bonchev–Trinajstić information content (AvgIpc) is 2.46. The summed E-state index contributed by atoms with van der Waals surface area (Å²) in [6.45, 7) is -0.157. The third kappa shape index (κ3) is 4.03. The predicted molar refractivity (Wildman–Crippen MR) is 74.4 cm³/mol. The Hall–Kier alpha value is -2.47. The molecule has 0 atom stereocenters. The molecule has 1 aromatic carbocycles. The number of hydrogen-bond donors (Lipinski definition) is 2. The van der Waals surface area contributed by atoms with E-state index in [0.29, 0.717) is 5.56 Å². The molecule has 0 spiro atoms. The third-order valence-electron chi connectivity index (χ3n) is 2.34. The predicted octanol–water partition coefficient (Wildman–Crippen LogP) is 1.50. The minimum atomic E-state index is -0.399.